The van der Waals surface area contributed by atoms with Gasteiger partial charge in [-0.25, -0.2) is 4.79 Å². The van der Waals surface area contributed by atoms with Crippen molar-refractivity contribution in [3.63, 3.8) is 0 Å². The monoisotopic (exact) mass is 334 g/mol. The Labute approximate surface area is 137 Å². The maximum Gasteiger partial charge on any atom is 0.355 e. The van der Waals surface area contributed by atoms with Crippen molar-refractivity contribution in [2.75, 3.05) is 5.32 Å². The van der Waals surface area contributed by atoms with Crippen LogP contribution in [-0.4, -0.2) is 28.7 Å². The third-order valence-corrected chi connectivity index (χ3v) is 3.29. The molecule has 120 valence electrons. The van der Waals surface area contributed by atoms with Crippen LogP contribution in [0.5, 0.6) is 0 Å². The highest BCUT2D eigenvalue weighted by atomic mass is 35.5. The number of hydrogen-bond acceptors (Lipinski definition) is 4. The Morgan fingerprint density at radius 2 is 2.00 bits per heavy atom. The van der Waals surface area contributed by atoms with Crippen LogP contribution in [-0.2, 0) is 9.53 Å². The van der Waals surface area contributed by atoms with E-state index in [1.54, 1.807) is 24.3 Å². The van der Waals surface area contributed by atoms with Crippen molar-refractivity contribution < 1.29 is 19.1 Å². The third kappa shape index (κ3) is 4.43. The Morgan fingerprint density at radius 3 is 2.61 bits per heavy atom. The first-order chi connectivity index (χ1) is 10.9. The molecule has 2 aromatic rings. The molecular weight excluding hydrogens is 320 g/mol. The van der Waals surface area contributed by atoms with Crippen molar-refractivity contribution in [2.24, 2.45) is 0 Å². The van der Waals surface area contributed by atoms with Crippen molar-refractivity contribution in [1.82, 2.24) is 4.98 Å². The Hall–Kier alpha value is -2.60. The van der Waals surface area contributed by atoms with Crippen molar-refractivity contribution in [3.05, 3.63) is 52.8 Å². The summed E-state index contributed by atoms with van der Waals surface area (Å²) >= 11 is 5.83. The molecule has 0 aliphatic heterocycles. The van der Waals surface area contributed by atoms with Crippen LogP contribution < -0.4 is 5.32 Å². The standard InChI is InChI=1S/C16H15ClN2O4/c1-9(20)11-6-14(18-8-11)16(22)23-10(2)15(21)19-13-5-3-4-12(17)7-13/h3-8,10,18H,1-2H3,(H,19,21)/t10-/m1/s1. The van der Waals surface area contributed by atoms with E-state index in [2.05, 4.69) is 10.3 Å². The van der Waals surface area contributed by atoms with Crippen molar-refractivity contribution >= 4 is 34.9 Å². The minimum atomic E-state index is -1.01. The minimum absolute atomic E-state index is 0.109. The summed E-state index contributed by atoms with van der Waals surface area (Å²) in [5.41, 5.74) is 0.981. The molecule has 0 aliphatic carbocycles. The number of rotatable bonds is 5. The van der Waals surface area contributed by atoms with E-state index < -0.39 is 18.0 Å². The average molecular weight is 335 g/mol. The smallest absolute Gasteiger partial charge is 0.355 e. The van der Waals surface area contributed by atoms with Gasteiger partial charge in [0.25, 0.3) is 5.91 Å². The first kappa shape index (κ1) is 16.8. The SMILES string of the molecule is CC(=O)c1c[nH]c(C(=O)O[C@H](C)C(=O)Nc2cccc(Cl)c2)c1. The number of ketones is 1. The molecule has 0 spiro atoms. The molecule has 0 bridgehead atoms. The molecule has 0 saturated carbocycles. The van der Waals surface area contributed by atoms with E-state index in [4.69, 9.17) is 16.3 Å². The minimum Gasteiger partial charge on any atom is -0.448 e. The van der Waals surface area contributed by atoms with Crippen molar-refractivity contribution in [2.45, 2.75) is 20.0 Å². The fourth-order valence-electron chi connectivity index (χ4n) is 1.80. The van der Waals surface area contributed by atoms with Crippen LogP contribution in [0.2, 0.25) is 5.02 Å². The summed E-state index contributed by atoms with van der Waals surface area (Å²) in [6.07, 6.45) is 0.404. The van der Waals surface area contributed by atoms with Crippen molar-refractivity contribution in [3.8, 4) is 0 Å². The summed E-state index contributed by atoms with van der Waals surface area (Å²) in [4.78, 5) is 37.8. The number of anilines is 1. The first-order valence-electron chi connectivity index (χ1n) is 6.83. The van der Waals surface area contributed by atoms with E-state index in [0.717, 1.165) is 0 Å². The molecule has 0 saturated heterocycles. The van der Waals surface area contributed by atoms with E-state index in [1.807, 2.05) is 0 Å². The Kier molecular flexibility index (Phi) is 5.18. The number of hydrogen-bond donors (Lipinski definition) is 2. The lowest BCUT2D eigenvalue weighted by Gasteiger charge is -2.13. The zero-order valence-electron chi connectivity index (χ0n) is 12.6. The van der Waals surface area contributed by atoms with E-state index in [-0.39, 0.29) is 11.5 Å². The molecule has 1 heterocycles. The number of amides is 1. The van der Waals surface area contributed by atoms with Gasteiger partial charge in [-0.3, -0.25) is 9.59 Å². The number of esters is 1. The van der Waals surface area contributed by atoms with Gasteiger partial charge in [-0.15, -0.1) is 0 Å². The topological polar surface area (TPSA) is 88.3 Å². The zero-order chi connectivity index (χ0) is 17.0. The Balaban J connectivity index is 1.97. The maximum atomic E-state index is 12.0. The van der Waals surface area contributed by atoms with Crippen LogP contribution in [0.25, 0.3) is 0 Å². The van der Waals surface area contributed by atoms with Crippen molar-refractivity contribution in [1.29, 1.82) is 0 Å². The van der Waals surface area contributed by atoms with Gasteiger partial charge in [0.15, 0.2) is 11.9 Å². The predicted octanol–water partition coefficient (Wildman–Crippen LogP) is 3.05. The number of carbonyl (C=O) groups is 3. The van der Waals surface area contributed by atoms with Crippen LogP contribution >= 0.6 is 11.6 Å². The molecule has 0 radical (unpaired) electrons. The molecule has 1 aromatic heterocycles. The molecule has 7 heteroatoms. The molecule has 0 aliphatic rings. The van der Waals surface area contributed by atoms with Gasteiger partial charge in [-0.2, -0.15) is 0 Å². The lowest BCUT2D eigenvalue weighted by atomic mass is 10.2. The second-order valence-electron chi connectivity index (χ2n) is 4.91. The predicted molar refractivity (Wildman–Crippen MR) is 85.8 cm³/mol. The molecule has 0 fully saturated rings. The van der Waals surface area contributed by atoms with Crippen LogP contribution in [0.3, 0.4) is 0 Å². The van der Waals surface area contributed by atoms with E-state index >= 15 is 0 Å². The van der Waals surface area contributed by atoms with Gasteiger partial charge in [0.2, 0.25) is 0 Å². The van der Waals surface area contributed by atoms with Gasteiger partial charge in [0.05, 0.1) is 0 Å². The number of aromatic amines is 1. The molecule has 2 N–H and O–H groups in total. The Bertz CT molecular complexity index is 754. The van der Waals surface area contributed by atoms with Crippen LogP contribution in [0.1, 0.15) is 34.7 Å². The van der Waals surface area contributed by atoms with Gasteiger partial charge in [0, 0.05) is 22.5 Å². The largest absolute Gasteiger partial charge is 0.448 e. The van der Waals surface area contributed by atoms with Gasteiger partial charge in [0.1, 0.15) is 5.69 Å². The van der Waals surface area contributed by atoms with E-state index in [9.17, 15) is 14.4 Å². The fourth-order valence-corrected chi connectivity index (χ4v) is 1.99. The lowest BCUT2D eigenvalue weighted by molar-refractivity contribution is -0.123. The number of H-pyrrole nitrogens is 1. The van der Waals surface area contributed by atoms with E-state index in [0.29, 0.717) is 16.3 Å². The second-order valence-corrected chi connectivity index (χ2v) is 5.34. The van der Waals surface area contributed by atoms with Gasteiger partial charge >= 0.3 is 5.97 Å². The Morgan fingerprint density at radius 1 is 1.26 bits per heavy atom. The summed E-state index contributed by atoms with van der Waals surface area (Å²) in [6, 6.07) is 8.00. The average Bonchev–Trinajstić information content (AvgIpc) is 2.97. The number of carbonyl (C=O) groups excluding carboxylic acids is 3. The molecule has 23 heavy (non-hydrogen) atoms. The number of aromatic nitrogens is 1. The molecule has 0 unspecified atom stereocenters. The van der Waals surface area contributed by atoms with Crippen LogP contribution in [0.4, 0.5) is 5.69 Å². The van der Waals surface area contributed by atoms with Crippen LogP contribution in [0, 0.1) is 0 Å². The highest BCUT2D eigenvalue weighted by molar-refractivity contribution is 6.30. The second kappa shape index (κ2) is 7.11. The number of Topliss-reactive ketones (excluding diaryl/α,β-unsaturated/α-hetero) is 1. The number of ether oxygens (including phenoxy) is 1. The number of nitrogens with one attached hydrogen (secondary N) is 2. The molecule has 6 nitrogen and oxygen atoms in total. The summed E-state index contributed by atoms with van der Waals surface area (Å²) in [6.45, 7) is 2.84. The summed E-state index contributed by atoms with van der Waals surface area (Å²) in [7, 11) is 0. The molecular formula is C16H15ClN2O4. The first-order valence-corrected chi connectivity index (χ1v) is 7.21. The number of halogens is 1. The molecule has 2 rings (SSSR count). The quantitative estimate of drug-likeness (QED) is 0.649. The summed E-state index contributed by atoms with van der Waals surface area (Å²) < 4.78 is 5.07. The van der Waals surface area contributed by atoms with Gasteiger partial charge in [-0.1, -0.05) is 17.7 Å². The van der Waals surface area contributed by atoms with Gasteiger partial charge in [-0.05, 0) is 38.1 Å². The third-order valence-electron chi connectivity index (χ3n) is 3.05. The van der Waals surface area contributed by atoms with Crippen LogP contribution in [0.15, 0.2) is 36.5 Å². The summed E-state index contributed by atoms with van der Waals surface area (Å²) in [5.74, 6) is -1.38. The number of benzene rings is 1. The lowest BCUT2D eigenvalue weighted by Crippen LogP contribution is -2.30. The van der Waals surface area contributed by atoms with E-state index in [1.165, 1.54) is 26.1 Å². The fraction of sp³-hybridized carbons (Fsp3) is 0.188. The molecule has 1 amide bonds. The molecule has 1 aromatic carbocycles. The highest BCUT2D eigenvalue weighted by Crippen LogP contribution is 2.15. The normalized spacial score (nSPS) is 11.6. The zero-order valence-corrected chi connectivity index (χ0v) is 13.3. The maximum absolute atomic E-state index is 12.0. The highest BCUT2D eigenvalue weighted by Gasteiger charge is 2.20. The summed E-state index contributed by atoms with van der Waals surface area (Å²) in [5, 5.41) is 3.08. The van der Waals surface area contributed by atoms with Gasteiger partial charge < -0.3 is 15.0 Å². The molecule has 1 atom stereocenters.